The fourth-order valence-electron chi connectivity index (χ4n) is 3.30. The van der Waals surface area contributed by atoms with Gasteiger partial charge in [-0.2, -0.15) is 0 Å². The monoisotopic (exact) mass is 348 g/mol. The number of fused-ring (bicyclic) bond motifs is 2. The van der Waals surface area contributed by atoms with Gasteiger partial charge in [0.05, 0.1) is 12.2 Å². The molecule has 1 atom stereocenters. The molecule has 0 unspecified atom stereocenters. The van der Waals surface area contributed by atoms with Crippen LogP contribution in [-0.4, -0.2) is 21.2 Å². The third-order valence-electron chi connectivity index (χ3n) is 4.71. The number of rotatable bonds is 5. The minimum Gasteiger partial charge on any atom is -0.350 e. The molecule has 0 aliphatic carbocycles. The number of anilines is 1. The molecule has 6 nitrogen and oxygen atoms in total. The average molecular weight is 348 g/mol. The second kappa shape index (κ2) is 7.00. The highest BCUT2D eigenvalue weighted by Gasteiger charge is 2.26. The Morgan fingerprint density at radius 3 is 2.96 bits per heavy atom. The Labute approximate surface area is 151 Å². The highest BCUT2D eigenvalue weighted by atomic mass is 16.2. The summed E-state index contributed by atoms with van der Waals surface area (Å²) in [5.74, 6) is -0.226. The summed E-state index contributed by atoms with van der Waals surface area (Å²) in [7, 11) is 0. The molecule has 2 amide bonds. The fraction of sp³-hybridized carbons (Fsp3) is 0.250. The number of hydrogen-bond donors (Lipinski definition) is 2. The van der Waals surface area contributed by atoms with E-state index in [1.807, 2.05) is 59.3 Å². The predicted molar refractivity (Wildman–Crippen MR) is 98.5 cm³/mol. The standard InChI is InChI=1S/C20H20N4O2/c25-19(21-12-16-13-24-10-4-3-7-18(24)22-16)9-8-15-11-14-5-1-2-6-17(14)23-20(15)26/h1-7,10,13,15H,8-9,11-12H2,(H,21,25)(H,23,26)/t15-/m1/s1. The van der Waals surface area contributed by atoms with Gasteiger partial charge in [0, 0.05) is 30.4 Å². The Bertz CT molecular complexity index is 930. The summed E-state index contributed by atoms with van der Waals surface area (Å²) < 4.78 is 1.92. The van der Waals surface area contributed by atoms with Gasteiger partial charge < -0.3 is 15.0 Å². The zero-order valence-electron chi connectivity index (χ0n) is 14.3. The minimum atomic E-state index is -0.161. The maximum absolute atomic E-state index is 12.2. The molecule has 132 valence electrons. The van der Waals surface area contributed by atoms with Crippen LogP contribution < -0.4 is 10.6 Å². The van der Waals surface area contributed by atoms with Crippen LogP contribution in [0, 0.1) is 5.92 Å². The molecule has 1 aromatic carbocycles. The van der Waals surface area contributed by atoms with Gasteiger partial charge in [0.2, 0.25) is 11.8 Å². The number of hydrogen-bond acceptors (Lipinski definition) is 3. The Morgan fingerprint density at radius 2 is 2.08 bits per heavy atom. The van der Waals surface area contributed by atoms with Gasteiger partial charge in [-0.1, -0.05) is 24.3 Å². The number of nitrogens with one attached hydrogen (secondary N) is 2. The summed E-state index contributed by atoms with van der Waals surface area (Å²) in [6.45, 7) is 0.389. The van der Waals surface area contributed by atoms with Gasteiger partial charge in [-0.15, -0.1) is 0 Å². The SMILES string of the molecule is O=C(CC[C@@H]1Cc2ccccc2NC1=O)NCc1cn2ccccc2n1. The Balaban J connectivity index is 1.29. The Hall–Kier alpha value is -3.15. The van der Waals surface area contributed by atoms with Crippen LogP contribution in [0.25, 0.3) is 5.65 Å². The van der Waals surface area contributed by atoms with E-state index in [4.69, 9.17) is 0 Å². The van der Waals surface area contributed by atoms with Crippen molar-refractivity contribution in [2.45, 2.75) is 25.8 Å². The van der Waals surface area contributed by atoms with E-state index in [2.05, 4.69) is 15.6 Å². The smallest absolute Gasteiger partial charge is 0.227 e. The summed E-state index contributed by atoms with van der Waals surface area (Å²) in [6, 6.07) is 13.6. The number of imidazole rings is 1. The molecule has 0 bridgehead atoms. The molecular weight excluding hydrogens is 328 g/mol. The van der Waals surface area contributed by atoms with Crippen LogP contribution in [0.5, 0.6) is 0 Å². The molecule has 0 radical (unpaired) electrons. The number of pyridine rings is 1. The number of carbonyl (C=O) groups excluding carboxylic acids is 2. The first-order valence-electron chi connectivity index (χ1n) is 8.77. The van der Waals surface area contributed by atoms with Gasteiger partial charge in [-0.25, -0.2) is 4.98 Å². The van der Waals surface area contributed by atoms with Crippen LogP contribution in [-0.2, 0) is 22.6 Å². The highest BCUT2D eigenvalue weighted by Crippen LogP contribution is 2.27. The number of carbonyl (C=O) groups is 2. The summed E-state index contributed by atoms with van der Waals surface area (Å²) in [4.78, 5) is 28.8. The van der Waals surface area contributed by atoms with E-state index in [1.165, 1.54) is 0 Å². The third kappa shape index (κ3) is 3.44. The number of para-hydroxylation sites is 1. The topological polar surface area (TPSA) is 75.5 Å². The molecule has 4 rings (SSSR count). The van der Waals surface area contributed by atoms with Crippen molar-refractivity contribution >= 4 is 23.1 Å². The average Bonchev–Trinajstić information content (AvgIpc) is 3.07. The molecule has 0 saturated carbocycles. The molecule has 26 heavy (non-hydrogen) atoms. The lowest BCUT2D eigenvalue weighted by atomic mass is 9.89. The van der Waals surface area contributed by atoms with E-state index in [-0.39, 0.29) is 17.7 Å². The van der Waals surface area contributed by atoms with Crippen molar-refractivity contribution in [2.24, 2.45) is 5.92 Å². The van der Waals surface area contributed by atoms with Crippen molar-refractivity contribution < 1.29 is 9.59 Å². The van der Waals surface area contributed by atoms with Crippen molar-refractivity contribution in [1.29, 1.82) is 0 Å². The maximum Gasteiger partial charge on any atom is 0.227 e. The minimum absolute atomic E-state index is 0.00292. The summed E-state index contributed by atoms with van der Waals surface area (Å²) in [5.41, 5.74) is 3.68. The molecule has 6 heteroatoms. The zero-order valence-corrected chi connectivity index (χ0v) is 14.3. The number of nitrogens with zero attached hydrogens (tertiary/aromatic N) is 2. The Kier molecular flexibility index (Phi) is 4.39. The molecule has 3 heterocycles. The van der Waals surface area contributed by atoms with Crippen molar-refractivity contribution in [3.63, 3.8) is 0 Å². The van der Waals surface area contributed by atoms with Gasteiger partial charge in [0.25, 0.3) is 0 Å². The van der Waals surface area contributed by atoms with Crippen molar-refractivity contribution in [3.05, 3.63) is 66.1 Å². The van der Waals surface area contributed by atoms with E-state index >= 15 is 0 Å². The maximum atomic E-state index is 12.2. The van der Waals surface area contributed by atoms with Crippen LogP contribution in [0.15, 0.2) is 54.9 Å². The first kappa shape index (κ1) is 16.3. The lowest BCUT2D eigenvalue weighted by molar-refractivity contribution is -0.123. The van der Waals surface area contributed by atoms with Crippen LogP contribution in [0.2, 0.25) is 0 Å². The molecule has 0 saturated heterocycles. The lowest BCUT2D eigenvalue weighted by Crippen LogP contribution is -2.31. The molecule has 1 aliphatic rings. The van der Waals surface area contributed by atoms with E-state index in [9.17, 15) is 9.59 Å². The van der Waals surface area contributed by atoms with Crippen LogP contribution >= 0.6 is 0 Å². The van der Waals surface area contributed by atoms with Crippen LogP contribution in [0.3, 0.4) is 0 Å². The van der Waals surface area contributed by atoms with Gasteiger partial charge in [-0.3, -0.25) is 9.59 Å². The van der Waals surface area contributed by atoms with Crippen molar-refractivity contribution in [3.8, 4) is 0 Å². The van der Waals surface area contributed by atoms with Crippen molar-refractivity contribution in [2.75, 3.05) is 5.32 Å². The normalized spacial score (nSPS) is 16.2. The molecule has 0 spiro atoms. The number of aromatic nitrogens is 2. The van der Waals surface area contributed by atoms with Crippen molar-refractivity contribution in [1.82, 2.24) is 14.7 Å². The number of benzene rings is 1. The molecule has 3 aromatic rings. The molecule has 0 fully saturated rings. The van der Waals surface area contributed by atoms with Crippen LogP contribution in [0.1, 0.15) is 24.1 Å². The van der Waals surface area contributed by atoms with Crippen LogP contribution in [0.4, 0.5) is 5.69 Å². The van der Waals surface area contributed by atoms with Gasteiger partial charge in [0.1, 0.15) is 5.65 Å². The van der Waals surface area contributed by atoms with E-state index < -0.39 is 0 Å². The van der Waals surface area contributed by atoms with Gasteiger partial charge in [0.15, 0.2) is 0 Å². The molecule has 2 N–H and O–H groups in total. The third-order valence-corrected chi connectivity index (χ3v) is 4.71. The zero-order chi connectivity index (χ0) is 17.9. The Morgan fingerprint density at radius 1 is 1.23 bits per heavy atom. The van der Waals surface area contributed by atoms with E-state index in [0.29, 0.717) is 25.8 Å². The van der Waals surface area contributed by atoms with Gasteiger partial charge in [-0.05, 0) is 36.6 Å². The fourth-order valence-corrected chi connectivity index (χ4v) is 3.30. The second-order valence-electron chi connectivity index (χ2n) is 6.56. The summed E-state index contributed by atoms with van der Waals surface area (Å²) >= 11 is 0. The molecule has 1 aliphatic heterocycles. The summed E-state index contributed by atoms with van der Waals surface area (Å²) in [6.07, 6.45) is 5.38. The second-order valence-corrected chi connectivity index (χ2v) is 6.56. The largest absolute Gasteiger partial charge is 0.350 e. The highest BCUT2D eigenvalue weighted by molar-refractivity contribution is 5.96. The first-order valence-corrected chi connectivity index (χ1v) is 8.77. The number of amides is 2. The quantitative estimate of drug-likeness (QED) is 0.744. The first-order chi connectivity index (χ1) is 12.7. The molecular formula is C20H20N4O2. The lowest BCUT2D eigenvalue weighted by Gasteiger charge is -2.24. The van der Waals surface area contributed by atoms with E-state index in [1.54, 1.807) is 0 Å². The molecule has 2 aromatic heterocycles. The summed E-state index contributed by atoms with van der Waals surface area (Å²) in [5, 5.41) is 5.81. The van der Waals surface area contributed by atoms with Gasteiger partial charge >= 0.3 is 0 Å². The van der Waals surface area contributed by atoms with E-state index in [0.717, 1.165) is 22.6 Å². The predicted octanol–water partition coefficient (Wildman–Crippen LogP) is 2.54.